The van der Waals surface area contributed by atoms with Gasteiger partial charge < -0.3 is 32.1 Å². The molecule has 0 aliphatic heterocycles. The molecule has 1 aromatic carbocycles. The van der Waals surface area contributed by atoms with Crippen LogP contribution in [0.4, 0.5) is 0 Å². The highest BCUT2D eigenvalue weighted by molar-refractivity contribution is 5.97. The number of aliphatic carboxylic acids is 1. The van der Waals surface area contributed by atoms with Crippen LogP contribution in [0.2, 0.25) is 0 Å². The van der Waals surface area contributed by atoms with Gasteiger partial charge in [-0.3, -0.25) is 19.2 Å². The molecule has 224 valence electrons. The van der Waals surface area contributed by atoms with Crippen molar-refractivity contribution in [2.45, 2.75) is 104 Å². The number of carbonyl (C=O) groups is 5. The number of carboxylic acid groups (broad SMARTS) is 1. The van der Waals surface area contributed by atoms with E-state index in [1.165, 1.54) is 27.7 Å². The van der Waals surface area contributed by atoms with Crippen molar-refractivity contribution in [3.8, 4) is 0 Å². The summed E-state index contributed by atoms with van der Waals surface area (Å²) in [6.07, 6.45) is 0.782. The highest BCUT2D eigenvalue weighted by Crippen LogP contribution is 2.13. The van der Waals surface area contributed by atoms with Gasteiger partial charge >= 0.3 is 5.97 Å². The van der Waals surface area contributed by atoms with Gasteiger partial charge in [-0.05, 0) is 57.9 Å². The number of carboxylic acids is 1. The van der Waals surface area contributed by atoms with Crippen LogP contribution in [-0.2, 0) is 30.4 Å². The van der Waals surface area contributed by atoms with E-state index < -0.39 is 58.8 Å². The van der Waals surface area contributed by atoms with E-state index in [-0.39, 0.29) is 24.7 Å². The van der Waals surface area contributed by atoms with E-state index >= 15 is 0 Å². The quantitative estimate of drug-likeness (QED) is 0.188. The van der Waals surface area contributed by atoms with E-state index in [4.69, 9.17) is 5.73 Å². The summed E-state index contributed by atoms with van der Waals surface area (Å²) < 4.78 is 0. The van der Waals surface area contributed by atoms with Crippen LogP contribution in [0, 0.1) is 11.8 Å². The van der Waals surface area contributed by atoms with Crippen molar-refractivity contribution >= 4 is 29.6 Å². The van der Waals surface area contributed by atoms with Crippen LogP contribution in [-0.4, -0.2) is 63.9 Å². The summed E-state index contributed by atoms with van der Waals surface area (Å²) in [5, 5.41) is 20.1. The number of rotatable bonds is 15. The Kier molecular flexibility index (Phi) is 12.8. The Balaban J connectivity index is 2.96. The van der Waals surface area contributed by atoms with Crippen LogP contribution < -0.4 is 27.0 Å². The van der Waals surface area contributed by atoms with Gasteiger partial charge in [-0.25, -0.2) is 4.79 Å². The average Bonchev–Trinajstić information content (AvgIpc) is 2.82. The minimum absolute atomic E-state index is 0.00687. The van der Waals surface area contributed by atoms with Crippen LogP contribution in [0.15, 0.2) is 30.3 Å². The number of nitrogens with one attached hydrogen (secondary N) is 4. The van der Waals surface area contributed by atoms with Gasteiger partial charge in [-0.1, -0.05) is 58.0 Å². The fraction of sp³-hybridized carbons (Fsp3) is 0.621. The molecule has 1 aromatic rings. The zero-order valence-corrected chi connectivity index (χ0v) is 25.0. The first-order valence-corrected chi connectivity index (χ1v) is 13.6. The van der Waals surface area contributed by atoms with Crippen molar-refractivity contribution in [2.24, 2.45) is 17.6 Å². The Morgan fingerprint density at radius 3 is 1.65 bits per heavy atom. The highest BCUT2D eigenvalue weighted by atomic mass is 16.4. The number of hydrogen-bond donors (Lipinski definition) is 6. The molecule has 11 nitrogen and oxygen atoms in total. The van der Waals surface area contributed by atoms with Crippen LogP contribution in [0.1, 0.15) is 73.8 Å². The van der Waals surface area contributed by atoms with Crippen LogP contribution in [0.25, 0.3) is 0 Å². The number of amides is 4. The summed E-state index contributed by atoms with van der Waals surface area (Å²) in [5.74, 6) is -3.37. The molecule has 40 heavy (non-hydrogen) atoms. The molecule has 0 heterocycles. The van der Waals surface area contributed by atoms with Crippen LogP contribution in [0.3, 0.4) is 0 Å². The molecule has 0 fully saturated rings. The molecule has 3 atom stereocenters. The first-order valence-electron chi connectivity index (χ1n) is 13.6. The van der Waals surface area contributed by atoms with Crippen molar-refractivity contribution in [1.29, 1.82) is 0 Å². The minimum Gasteiger partial charge on any atom is -0.480 e. The molecule has 0 unspecified atom stereocenters. The number of carbonyl (C=O) groups excluding carboxylic acids is 4. The van der Waals surface area contributed by atoms with Crippen molar-refractivity contribution < 1.29 is 29.1 Å². The largest absolute Gasteiger partial charge is 0.480 e. The fourth-order valence-corrected chi connectivity index (χ4v) is 3.95. The van der Waals surface area contributed by atoms with Gasteiger partial charge in [-0.2, -0.15) is 0 Å². The molecule has 0 saturated heterocycles. The Labute approximate surface area is 237 Å². The summed E-state index contributed by atoms with van der Waals surface area (Å²) in [4.78, 5) is 63.8. The molecule has 11 heteroatoms. The predicted molar refractivity (Wildman–Crippen MR) is 153 cm³/mol. The van der Waals surface area contributed by atoms with Crippen molar-refractivity contribution in [3.63, 3.8) is 0 Å². The number of nitrogens with two attached hydrogens (primary N) is 1. The Bertz CT molecular complexity index is 1040. The Morgan fingerprint density at radius 1 is 0.750 bits per heavy atom. The van der Waals surface area contributed by atoms with E-state index in [1.54, 1.807) is 30.3 Å². The van der Waals surface area contributed by atoms with E-state index in [0.717, 1.165) is 5.56 Å². The third-order valence-corrected chi connectivity index (χ3v) is 6.28. The topological polar surface area (TPSA) is 180 Å². The maximum absolute atomic E-state index is 13.3. The highest BCUT2D eigenvalue weighted by Gasteiger charge is 2.38. The third-order valence-electron chi connectivity index (χ3n) is 6.28. The molecule has 0 aliphatic rings. The summed E-state index contributed by atoms with van der Waals surface area (Å²) in [7, 11) is 0. The maximum atomic E-state index is 13.3. The fourth-order valence-electron chi connectivity index (χ4n) is 3.95. The SMILES string of the molecule is CC(C)C[C@H](NC(=O)C(C)(C)NC(=O)[C@@H](N)CC(C)C)C(=O)NC(C)(C)C(=O)N[C@@H](Cc1ccccc1)C(=O)O. The van der Waals surface area contributed by atoms with E-state index in [1.807, 2.05) is 27.7 Å². The summed E-state index contributed by atoms with van der Waals surface area (Å²) in [6, 6.07) is 5.87. The molecular formula is C29H47N5O6. The lowest BCUT2D eigenvalue weighted by Crippen LogP contribution is -2.64. The van der Waals surface area contributed by atoms with Gasteiger partial charge in [0, 0.05) is 6.42 Å². The first-order chi connectivity index (χ1) is 18.4. The van der Waals surface area contributed by atoms with E-state index in [9.17, 15) is 29.1 Å². The molecule has 0 saturated carbocycles. The molecule has 0 aromatic heterocycles. The van der Waals surface area contributed by atoms with Gasteiger partial charge in [-0.15, -0.1) is 0 Å². The van der Waals surface area contributed by atoms with Gasteiger partial charge in [0.15, 0.2) is 0 Å². The third kappa shape index (κ3) is 11.3. The molecular weight excluding hydrogens is 514 g/mol. The smallest absolute Gasteiger partial charge is 0.326 e. The lowest BCUT2D eigenvalue weighted by molar-refractivity contribution is -0.143. The predicted octanol–water partition coefficient (Wildman–Crippen LogP) is 1.49. The monoisotopic (exact) mass is 561 g/mol. The molecule has 1 rings (SSSR count). The van der Waals surface area contributed by atoms with E-state index in [0.29, 0.717) is 6.42 Å². The minimum atomic E-state index is -1.49. The lowest BCUT2D eigenvalue weighted by Gasteiger charge is -2.32. The number of benzene rings is 1. The molecule has 7 N–H and O–H groups in total. The van der Waals surface area contributed by atoms with Gasteiger partial charge in [0.05, 0.1) is 6.04 Å². The number of hydrogen-bond acceptors (Lipinski definition) is 6. The van der Waals surface area contributed by atoms with Crippen LogP contribution >= 0.6 is 0 Å². The normalized spacial score (nSPS) is 14.2. The standard InChI is InChI=1S/C29H47N5O6/c1-17(2)14-20(30)23(35)33-28(5,6)26(39)31-21(15-18(3)4)24(36)34-29(7,8)27(40)32-22(25(37)38)16-19-12-10-9-11-13-19/h9-13,17-18,20-22H,14-16,30H2,1-8H3,(H,31,39)(H,32,40)(H,33,35)(H,34,36)(H,37,38)/t20-,21-,22-/m0/s1. The van der Waals surface area contributed by atoms with Crippen LogP contribution in [0.5, 0.6) is 0 Å². The molecule has 0 spiro atoms. The van der Waals surface area contributed by atoms with Gasteiger partial charge in [0.2, 0.25) is 23.6 Å². The summed E-state index contributed by atoms with van der Waals surface area (Å²) in [6.45, 7) is 13.6. The molecule has 4 amide bonds. The van der Waals surface area contributed by atoms with Gasteiger partial charge in [0.1, 0.15) is 23.2 Å². The zero-order chi connectivity index (χ0) is 30.8. The lowest BCUT2D eigenvalue weighted by atomic mass is 9.96. The van der Waals surface area contributed by atoms with Crippen molar-refractivity contribution in [1.82, 2.24) is 21.3 Å². The van der Waals surface area contributed by atoms with Crippen molar-refractivity contribution in [2.75, 3.05) is 0 Å². The molecule has 0 radical (unpaired) electrons. The molecule has 0 bridgehead atoms. The van der Waals surface area contributed by atoms with Gasteiger partial charge in [0.25, 0.3) is 0 Å². The average molecular weight is 562 g/mol. The maximum Gasteiger partial charge on any atom is 0.326 e. The molecule has 0 aliphatic carbocycles. The second-order valence-corrected chi connectivity index (χ2v) is 12.2. The first kappa shape index (κ1) is 34.6. The second kappa shape index (κ2) is 14.8. The summed E-state index contributed by atoms with van der Waals surface area (Å²) in [5.41, 5.74) is 3.83. The Morgan fingerprint density at radius 2 is 1.20 bits per heavy atom. The second-order valence-electron chi connectivity index (χ2n) is 12.2. The summed E-state index contributed by atoms with van der Waals surface area (Å²) >= 11 is 0. The zero-order valence-electron chi connectivity index (χ0n) is 25.0. The Hall–Kier alpha value is -3.47. The van der Waals surface area contributed by atoms with E-state index in [2.05, 4.69) is 21.3 Å². The van der Waals surface area contributed by atoms with Crippen molar-refractivity contribution in [3.05, 3.63) is 35.9 Å².